The maximum Gasteiger partial charge on any atom is 0.104 e. The summed E-state index contributed by atoms with van der Waals surface area (Å²) in [6.07, 6.45) is 2.32. The normalized spacial score (nSPS) is 19.7. The third kappa shape index (κ3) is 2.54. The van der Waals surface area contributed by atoms with E-state index in [9.17, 15) is 0 Å². The smallest absolute Gasteiger partial charge is 0.104 e. The van der Waals surface area contributed by atoms with Gasteiger partial charge in [0.1, 0.15) is 5.82 Å². The minimum absolute atomic E-state index is 0.656. The number of benzene rings is 1. The van der Waals surface area contributed by atoms with Crippen LogP contribution in [0, 0.1) is 6.92 Å². The Morgan fingerprint density at radius 1 is 1.44 bits per heavy atom. The summed E-state index contributed by atoms with van der Waals surface area (Å²) in [5.41, 5.74) is 3.57. The van der Waals surface area contributed by atoms with Crippen LogP contribution in [0.2, 0.25) is 0 Å². The number of hydrogen-bond acceptors (Lipinski definition) is 3. The summed E-state index contributed by atoms with van der Waals surface area (Å²) in [6.45, 7) is 5.30. The summed E-state index contributed by atoms with van der Waals surface area (Å²) in [4.78, 5) is 7.71. The second-order valence-corrected chi connectivity index (χ2v) is 5.07. The van der Waals surface area contributed by atoms with Gasteiger partial charge in [0, 0.05) is 12.6 Å². The highest BCUT2D eigenvalue weighted by Gasteiger charge is 2.12. The Morgan fingerprint density at radius 3 is 3.22 bits per heavy atom. The standard InChI is InChI=1S/C14H20N4/c1-10-17-13-3-2-11(8-14(13)18-10)4-7-16-12-5-6-15-9-12/h2-3,8,12,15-16H,4-7,9H2,1H3,(H,17,18). The van der Waals surface area contributed by atoms with Crippen LogP contribution in [0.4, 0.5) is 0 Å². The van der Waals surface area contributed by atoms with E-state index in [1.54, 1.807) is 0 Å². The van der Waals surface area contributed by atoms with Gasteiger partial charge in [-0.2, -0.15) is 0 Å². The highest BCUT2D eigenvalue weighted by Crippen LogP contribution is 2.13. The monoisotopic (exact) mass is 244 g/mol. The Kier molecular flexibility index (Phi) is 3.30. The largest absolute Gasteiger partial charge is 0.342 e. The van der Waals surface area contributed by atoms with Crippen molar-refractivity contribution in [3.63, 3.8) is 0 Å². The van der Waals surface area contributed by atoms with E-state index < -0.39 is 0 Å². The molecule has 3 rings (SSSR count). The number of aromatic nitrogens is 2. The molecule has 1 fully saturated rings. The lowest BCUT2D eigenvalue weighted by molar-refractivity contribution is 0.550. The molecule has 4 nitrogen and oxygen atoms in total. The maximum absolute atomic E-state index is 4.42. The molecule has 1 saturated heterocycles. The first kappa shape index (κ1) is 11.7. The summed E-state index contributed by atoms with van der Waals surface area (Å²) >= 11 is 0. The summed E-state index contributed by atoms with van der Waals surface area (Å²) < 4.78 is 0. The van der Waals surface area contributed by atoms with E-state index in [4.69, 9.17) is 0 Å². The molecule has 18 heavy (non-hydrogen) atoms. The van der Waals surface area contributed by atoms with Gasteiger partial charge in [0.2, 0.25) is 0 Å². The van der Waals surface area contributed by atoms with Crippen molar-refractivity contribution in [3.8, 4) is 0 Å². The molecule has 0 aliphatic carbocycles. The SMILES string of the molecule is Cc1nc2ccc(CCNC3CCNC3)cc2[nH]1. The van der Waals surface area contributed by atoms with Crippen LogP contribution in [0.3, 0.4) is 0 Å². The predicted octanol–water partition coefficient (Wildman–Crippen LogP) is 1.37. The molecular weight excluding hydrogens is 224 g/mol. The number of aromatic amines is 1. The Hall–Kier alpha value is -1.39. The zero-order valence-electron chi connectivity index (χ0n) is 10.8. The van der Waals surface area contributed by atoms with Crippen LogP contribution in [0.25, 0.3) is 11.0 Å². The van der Waals surface area contributed by atoms with Gasteiger partial charge in [0.25, 0.3) is 0 Å². The average molecular weight is 244 g/mol. The number of hydrogen-bond donors (Lipinski definition) is 3. The number of H-pyrrole nitrogens is 1. The van der Waals surface area contributed by atoms with Crippen molar-refractivity contribution in [1.82, 2.24) is 20.6 Å². The predicted molar refractivity (Wildman–Crippen MR) is 73.8 cm³/mol. The number of rotatable bonds is 4. The van der Waals surface area contributed by atoms with Gasteiger partial charge in [-0.3, -0.25) is 0 Å². The molecule has 0 bridgehead atoms. The van der Waals surface area contributed by atoms with Crippen LogP contribution in [-0.4, -0.2) is 35.6 Å². The van der Waals surface area contributed by atoms with Gasteiger partial charge in [-0.15, -0.1) is 0 Å². The molecule has 2 aromatic rings. The van der Waals surface area contributed by atoms with Gasteiger partial charge in [-0.25, -0.2) is 4.98 Å². The molecule has 1 aliphatic heterocycles. The molecular formula is C14H20N4. The number of nitrogens with zero attached hydrogens (tertiary/aromatic N) is 1. The van der Waals surface area contributed by atoms with Crippen LogP contribution >= 0.6 is 0 Å². The van der Waals surface area contributed by atoms with E-state index in [0.29, 0.717) is 6.04 Å². The third-order valence-electron chi connectivity index (χ3n) is 3.57. The first-order valence-corrected chi connectivity index (χ1v) is 6.70. The van der Waals surface area contributed by atoms with Crippen LogP contribution in [0.1, 0.15) is 17.8 Å². The second kappa shape index (κ2) is 5.08. The van der Waals surface area contributed by atoms with E-state index in [2.05, 4.69) is 38.8 Å². The summed E-state index contributed by atoms with van der Waals surface area (Å²) in [6, 6.07) is 7.15. The van der Waals surface area contributed by atoms with E-state index >= 15 is 0 Å². The van der Waals surface area contributed by atoms with Crippen LogP contribution in [0.5, 0.6) is 0 Å². The molecule has 1 aromatic heterocycles. The van der Waals surface area contributed by atoms with Crippen molar-refractivity contribution in [3.05, 3.63) is 29.6 Å². The van der Waals surface area contributed by atoms with Gasteiger partial charge < -0.3 is 15.6 Å². The Labute approximate surface area is 107 Å². The van der Waals surface area contributed by atoms with Gasteiger partial charge in [0.15, 0.2) is 0 Å². The highest BCUT2D eigenvalue weighted by atomic mass is 15.0. The molecule has 4 heteroatoms. The number of fused-ring (bicyclic) bond motifs is 1. The van der Waals surface area contributed by atoms with E-state index in [1.165, 1.54) is 12.0 Å². The molecule has 0 saturated carbocycles. The van der Waals surface area contributed by atoms with Crippen LogP contribution in [0.15, 0.2) is 18.2 Å². The second-order valence-electron chi connectivity index (χ2n) is 5.07. The number of nitrogens with one attached hydrogen (secondary N) is 3. The lowest BCUT2D eigenvalue weighted by atomic mass is 10.1. The van der Waals surface area contributed by atoms with E-state index in [-0.39, 0.29) is 0 Å². The van der Waals surface area contributed by atoms with Gasteiger partial charge in [0.05, 0.1) is 11.0 Å². The van der Waals surface area contributed by atoms with Gasteiger partial charge in [-0.05, 0) is 50.6 Å². The first-order valence-electron chi connectivity index (χ1n) is 6.70. The summed E-state index contributed by atoms with van der Waals surface area (Å²) in [7, 11) is 0. The third-order valence-corrected chi connectivity index (χ3v) is 3.57. The van der Waals surface area contributed by atoms with Gasteiger partial charge >= 0.3 is 0 Å². The average Bonchev–Trinajstić information content (AvgIpc) is 2.96. The van der Waals surface area contributed by atoms with Crippen molar-refractivity contribution in [2.45, 2.75) is 25.8 Å². The lowest BCUT2D eigenvalue weighted by Crippen LogP contribution is -2.32. The summed E-state index contributed by atoms with van der Waals surface area (Å²) in [5, 5.41) is 6.97. The van der Waals surface area contributed by atoms with Crippen molar-refractivity contribution >= 4 is 11.0 Å². The molecule has 1 aromatic carbocycles. The van der Waals surface area contributed by atoms with E-state index in [1.807, 2.05) is 6.92 Å². The Morgan fingerprint density at radius 2 is 2.39 bits per heavy atom. The molecule has 1 aliphatic rings. The molecule has 2 heterocycles. The topological polar surface area (TPSA) is 52.7 Å². The van der Waals surface area contributed by atoms with Crippen molar-refractivity contribution in [2.75, 3.05) is 19.6 Å². The molecule has 1 unspecified atom stereocenters. The highest BCUT2D eigenvalue weighted by molar-refractivity contribution is 5.75. The van der Waals surface area contributed by atoms with Crippen LogP contribution < -0.4 is 10.6 Å². The van der Waals surface area contributed by atoms with Crippen molar-refractivity contribution in [1.29, 1.82) is 0 Å². The quantitative estimate of drug-likeness (QED) is 0.761. The molecule has 96 valence electrons. The molecule has 1 atom stereocenters. The minimum Gasteiger partial charge on any atom is -0.342 e. The Bertz CT molecular complexity index is 526. The fourth-order valence-electron chi connectivity index (χ4n) is 2.59. The van der Waals surface area contributed by atoms with Gasteiger partial charge in [-0.1, -0.05) is 6.07 Å². The maximum atomic E-state index is 4.42. The molecule has 0 radical (unpaired) electrons. The number of aryl methyl sites for hydroxylation is 1. The zero-order chi connectivity index (χ0) is 12.4. The Balaban J connectivity index is 1.59. The van der Waals surface area contributed by atoms with Crippen LogP contribution in [-0.2, 0) is 6.42 Å². The minimum atomic E-state index is 0.656. The van der Waals surface area contributed by atoms with Crippen molar-refractivity contribution in [2.24, 2.45) is 0 Å². The summed E-state index contributed by atoms with van der Waals surface area (Å²) in [5.74, 6) is 0.984. The zero-order valence-corrected chi connectivity index (χ0v) is 10.8. The van der Waals surface area contributed by atoms with E-state index in [0.717, 1.165) is 42.9 Å². The fourth-order valence-corrected chi connectivity index (χ4v) is 2.59. The van der Waals surface area contributed by atoms with Crippen molar-refractivity contribution < 1.29 is 0 Å². The first-order chi connectivity index (χ1) is 8.81. The lowest BCUT2D eigenvalue weighted by Gasteiger charge is -2.10. The fraction of sp³-hybridized carbons (Fsp3) is 0.500. The molecule has 0 spiro atoms. The molecule has 3 N–H and O–H groups in total. The molecule has 0 amide bonds. The number of imidazole rings is 1.